The van der Waals surface area contributed by atoms with Gasteiger partial charge in [-0.15, -0.1) is 0 Å². The number of hydrogen-bond donors (Lipinski definition) is 1. The lowest BCUT2D eigenvalue weighted by Crippen LogP contribution is -2.41. The summed E-state index contributed by atoms with van der Waals surface area (Å²) in [6.45, 7) is 4.17. The van der Waals surface area contributed by atoms with Crippen LogP contribution in [0.1, 0.15) is 31.9 Å². The molecular formula is C20H26N2O4S. The molecule has 7 heteroatoms. The molecule has 1 N–H and O–H groups in total. The van der Waals surface area contributed by atoms with Crippen LogP contribution in [0.25, 0.3) is 0 Å². The van der Waals surface area contributed by atoms with Crippen LogP contribution in [0, 0.1) is 0 Å². The van der Waals surface area contributed by atoms with Gasteiger partial charge in [-0.25, -0.2) is 8.42 Å². The van der Waals surface area contributed by atoms with Gasteiger partial charge < -0.3 is 10.1 Å². The second kappa shape index (κ2) is 9.41. The number of nitrogens with zero attached hydrogens (tertiary/aromatic N) is 1. The topological polar surface area (TPSA) is 75.7 Å². The molecule has 0 aromatic heterocycles. The normalized spacial score (nSPS) is 12.3. The summed E-state index contributed by atoms with van der Waals surface area (Å²) in [4.78, 5) is 12.4. The van der Waals surface area contributed by atoms with Gasteiger partial charge in [-0.1, -0.05) is 37.3 Å². The highest BCUT2D eigenvalue weighted by atomic mass is 32.2. The fraction of sp³-hybridized carbons (Fsp3) is 0.350. The number of ether oxygens (including phenoxy) is 1. The van der Waals surface area contributed by atoms with Crippen LogP contribution in [0.5, 0.6) is 5.75 Å². The lowest BCUT2D eigenvalue weighted by atomic mass is 10.1. The molecule has 1 amide bonds. The van der Waals surface area contributed by atoms with Crippen molar-refractivity contribution in [1.82, 2.24) is 5.32 Å². The van der Waals surface area contributed by atoms with E-state index in [0.29, 0.717) is 18.0 Å². The maximum absolute atomic E-state index is 12.4. The van der Waals surface area contributed by atoms with Crippen LogP contribution in [0.3, 0.4) is 0 Å². The first kappa shape index (κ1) is 20.8. The van der Waals surface area contributed by atoms with Crippen LogP contribution in [-0.4, -0.2) is 33.7 Å². The summed E-state index contributed by atoms with van der Waals surface area (Å²) >= 11 is 0. The molecule has 0 fully saturated rings. The Labute approximate surface area is 161 Å². The van der Waals surface area contributed by atoms with Gasteiger partial charge in [0.15, 0.2) is 0 Å². The zero-order valence-corrected chi connectivity index (χ0v) is 16.7. The van der Waals surface area contributed by atoms with Gasteiger partial charge in [0.1, 0.15) is 12.3 Å². The van der Waals surface area contributed by atoms with Crippen LogP contribution in [0.15, 0.2) is 54.6 Å². The first-order chi connectivity index (χ1) is 12.8. The van der Waals surface area contributed by atoms with Gasteiger partial charge in [-0.3, -0.25) is 9.10 Å². The summed E-state index contributed by atoms with van der Waals surface area (Å²) in [6.07, 6.45) is 1.97. The molecule has 2 rings (SSSR count). The molecule has 2 aromatic rings. The van der Waals surface area contributed by atoms with Gasteiger partial charge in [0.25, 0.3) is 0 Å². The summed E-state index contributed by atoms with van der Waals surface area (Å²) in [5, 5.41) is 2.84. The van der Waals surface area contributed by atoms with E-state index in [1.165, 1.54) is 0 Å². The second-order valence-electron chi connectivity index (χ2n) is 6.31. The van der Waals surface area contributed by atoms with Gasteiger partial charge in [-0.2, -0.15) is 0 Å². The molecule has 0 radical (unpaired) electrons. The molecule has 0 aliphatic heterocycles. The van der Waals surface area contributed by atoms with Crippen molar-refractivity contribution in [2.45, 2.75) is 26.3 Å². The van der Waals surface area contributed by atoms with Crippen LogP contribution < -0.4 is 14.4 Å². The second-order valence-corrected chi connectivity index (χ2v) is 8.22. The monoisotopic (exact) mass is 390 g/mol. The molecule has 0 heterocycles. The fourth-order valence-corrected chi connectivity index (χ4v) is 3.43. The van der Waals surface area contributed by atoms with Crippen molar-refractivity contribution in [3.05, 3.63) is 60.2 Å². The van der Waals surface area contributed by atoms with E-state index in [0.717, 1.165) is 22.5 Å². The lowest BCUT2D eigenvalue weighted by molar-refractivity contribution is -0.120. The van der Waals surface area contributed by atoms with Crippen LogP contribution in [-0.2, 0) is 14.8 Å². The first-order valence-corrected chi connectivity index (χ1v) is 10.7. The number of nitrogens with one attached hydrogen (secondary N) is 1. The number of sulfonamides is 1. The third-order valence-electron chi connectivity index (χ3n) is 3.96. The van der Waals surface area contributed by atoms with Crippen molar-refractivity contribution in [1.29, 1.82) is 0 Å². The highest BCUT2D eigenvalue weighted by Crippen LogP contribution is 2.22. The van der Waals surface area contributed by atoms with Crippen LogP contribution >= 0.6 is 0 Å². The number of anilines is 1. The lowest BCUT2D eigenvalue weighted by Gasteiger charge is -2.23. The van der Waals surface area contributed by atoms with Gasteiger partial charge in [0.2, 0.25) is 15.9 Å². The van der Waals surface area contributed by atoms with Crippen LogP contribution in [0.2, 0.25) is 0 Å². The number of rotatable bonds is 9. The number of carbonyl (C=O) groups excluding carboxylic acids is 1. The maximum atomic E-state index is 12.4. The Morgan fingerprint density at radius 1 is 1.11 bits per heavy atom. The molecule has 146 valence electrons. The summed E-state index contributed by atoms with van der Waals surface area (Å²) in [7, 11) is -3.61. The summed E-state index contributed by atoms with van der Waals surface area (Å²) in [5.74, 6) is 0.291. The van der Waals surface area contributed by atoms with Crippen molar-refractivity contribution in [2.24, 2.45) is 0 Å². The van der Waals surface area contributed by atoms with E-state index in [4.69, 9.17) is 4.74 Å². The van der Waals surface area contributed by atoms with Crippen molar-refractivity contribution in [3.8, 4) is 5.75 Å². The van der Waals surface area contributed by atoms with E-state index in [1.54, 1.807) is 24.3 Å². The van der Waals surface area contributed by atoms with Crippen LogP contribution in [0.4, 0.5) is 5.69 Å². The molecular weight excluding hydrogens is 364 g/mol. The largest absolute Gasteiger partial charge is 0.494 e. The van der Waals surface area contributed by atoms with Gasteiger partial charge in [-0.05, 0) is 43.2 Å². The molecule has 0 saturated carbocycles. The van der Waals surface area contributed by atoms with Crippen molar-refractivity contribution < 1.29 is 17.9 Å². The van der Waals surface area contributed by atoms with Crippen molar-refractivity contribution >= 4 is 21.6 Å². The third-order valence-corrected chi connectivity index (χ3v) is 5.10. The van der Waals surface area contributed by atoms with Gasteiger partial charge in [0.05, 0.1) is 24.6 Å². The highest BCUT2D eigenvalue weighted by molar-refractivity contribution is 7.92. The molecule has 1 unspecified atom stereocenters. The SMILES string of the molecule is CCCOc1ccc(N(CC(=O)NC(C)c2ccccc2)S(C)(=O)=O)cc1. The Bertz CT molecular complexity index is 836. The minimum atomic E-state index is -3.61. The molecule has 0 saturated heterocycles. The first-order valence-electron chi connectivity index (χ1n) is 8.86. The molecule has 27 heavy (non-hydrogen) atoms. The highest BCUT2D eigenvalue weighted by Gasteiger charge is 2.22. The minimum absolute atomic E-state index is 0.218. The average molecular weight is 391 g/mol. The predicted molar refractivity (Wildman–Crippen MR) is 107 cm³/mol. The zero-order valence-electron chi connectivity index (χ0n) is 15.9. The number of amides is 1. The third kappa shape index (κ3) is 6.29. The van der Waals surface area contributed by atoms with E-state index in [9.17, 15) is 13.2 Å². The van der Waals surface area contributed by atoms with E-state index in [2.05, 4.69) is 5.32 Å². The smallest absolute Gasteiger partial charge is 0.241 e. The van der Waals surface area contributed by atoms with Crippen molar-refractivity contribution in [2.75, 3.05) is 23.7 Å². The van der Waals surface area contributed by atoms with E-state index >= 15 is 0 Å². The number of hydrogen-bond acceptors (Lipinski definition) is 4. The Balaban J connectivity index is 2.09. The molecule has 2 aromatic carbocycles. The summed E-state index contributed by atoms with van der Waals surface area (Å²) < 4.78 is 31.0. The quantitative estimate of drug-likeness (QED) is 0.714. The zero-order chi connectivity index (χ0) is 19.9. The van der Waals surface area contributed by atoms with Gasteiger partial charge in [0, 0.05) is 0 Å². The molecule has 0 aliphatic carbocycles. The van der Waals surface area contributed by atoms with E-state index in [-0.39, 0.29) is 18.5 Å². The summed E-state index contributed by atoms with van der Waals surface area (Å²) in [6, 6.07) is 16.0. The Morgan fingerprint density at radius 2 is 1.74 bits per heavy atom. The maximum Gasteiger partial charge on any atom is 0.241 e. The molecule has 0 aliphatic rings. The molecule has 0 spiro atoms. The molecule has 0 bridgehead atoms. The standard InChI is InChI=1S/C20H26N2O4S/c1-4-14-26-19-12-10-18(11-13-19)22(27(3,24)25)15-20(23)21-16(2)17-8-6-5-7-9-17/h5-13,16H,4,14-15H2,1-3H3,(H,21,23). The number of carbonyl (C=O) groups is 1. The molecule has 1 atom stereocenters. The van der Waals surface area contributed by atoms with E-state index < -0.39 is 10.0 Å². The predicted octanol–water partition coefficient (Wildman–Crippen LogP) is 3.12. The average Bonchev–Trinajstić information content (AvgIpc) is 2.65. The van der Waals surface area contributed by atoms with Gasteiger partial charge >= 0.3 is 0 Å². The summed E-state index contributed by atoms with van der Waals surface area (Å²) in [5.41, 5.74) is 1.37. The molecule has 6 nitrogen and oxygen atoms in total. The Kier molecular flexibility index (Phi) is 7.24. The van der Waals surface area contributed by atoms with Crippen molar-refractivity contribution in [3.63, 3.8) is 0 Å². The van der Waals surface area contributed by atoms with E-state index in [1.807, 2.05) is 44.2 Å². The Hall–Kier alpha value is -2.54. The fourth-order valence-electron chi connectivity index (χ4n) is 2.57. The number of benzene rings is 2. The minimum Gasteiger partial charge on any atom is -0.494 e. The Morgan fingerprint density at radius 3 is 2.30 bits per heavy atom.